The molecule has 0 radical (unpaired) electrons. The molecule has 0 saturated heterocycles. The van der Waals surface area contributed by atoms with E-state index in [9.17, 15) is 9.59 Å². The van der Waals surface area contributed by atoms with Crippen molar-refractivity contribution in [2.75, 3.05) is 0 Å². The third-order valence-electron chi connectivity index (χ3n) is 1.89. The van der Waals surface area contributed by atoms with Gasteiger partial charge in [0.05, 0.1) is 0 Å². The quantitative estimate of drug-likeness (QED) is 0.690. The van der Waals surface area contributed by atoms with Crippen LogP contribution in [-0.4, -0.2) is 23.1 Å². The van der Waals surface area contributed by atoms with Gasteiger partial charge in [-0.05, 0) is 18.4 Å². The predicted octanol–water partition coefficient (Wildman–Crippen LogP) is 1.28. The number of carbonyl (C=O) groups is 2. The SMILES string of the molecule is CC(=O)OC(C(=O)O)C1=CC=CCC1. The molecule has 0 saturated carbocycles. The molecule has 4 nitrogen and oxygen atoms in total. The van der Waals surface area contributed by atoms with Crippen LogP contribution in [-0.2, 0) is 14.3 Å². The van der Waals surface area contributed by atoms with Crippen LogP contribution < -0.4 is 0 Å². The molecule has 0 bridgehead atoms. The summed E-state index contributed by atoms with van der Waals surface area (Å²) in [6.07, 6.45) is 5.69. The van der Waals surface area contributed by atoms with Crippen molar-refractivity contribution in [3.05, 3.63) is 23.8 Å². The van der Waals surface area contributed by atoms with E-state index >= 15 is 0 Å². The number of carboxylic acid groups (broad SMARTS) is 1. The van der Waals surface area contributed by atoms with Crippen LogP contribution in [0.25, 0.3) is 0 Å². The lowest BCUT2D eigenvalue weighted by Crippen LogP contribution is -2.28. The summed E-state index contributed by atoms with van der Waals surface area (Å²) in [5.74, 6) is -1.70. The molecule has 0 aliphatic heterocycles. The normalized spacial score (nSPS) is 17.1. The summed E-state index contributed by atoms with van der Waals surface area (Å²) in [5, 5.41) is 8.83. The Kier molecular flexibility index (Phi) is 3.45. The van der Waals surface area contributed by atoms with Crippen molar-refractivity contribution in [3.8, 4) is 0 Å². The maximum absolute atomic E-state index is 10.8. The van der Waals surface area contributed by atoms with Crippen molar-refractivity contribution < 1.29 is 19.4 Å². The van der Waals surface area contributed by atoms with E-state index in [0.29, 0.717) is 12.0 Å². The Bertz CT molecular complexity index is 301. The first-order chi connectivity index (χ1) is 6.61. The number of aliphatic carboxylic acids is 1. The van der Waals surface area contributed by atoms with Crippen LogP contribution in [0, 0.1) is 0 Å². The van der Waals surface area contributed by atoms with Crippen LogP contribution in [0.5, 0.6) is 0 Å². The van der Waals surface area contributed by atoms with Crippen molar-refractivity contribution in [2.24, 2.45) is 0 Å². The largest absolute Gasteiger partial charge is 0.478 e. The summed E-state index contributed by atoms with van der Waals surface area (Å²) in [5.41, 5.74) is 0.634. The van der Waals surface area contributed by atoms with Gasteiger partial charge in [-0.25, -0.2) is 4.79 Å². The molecule has 0 aromatic heterocycles. The standard InChI is InChI=1S/C10H12O4/c1-7(11)14-9(10(12)13)8-5-3-2-4-6-8/h2-3,5,9H,4,6H2,1H3,(H,12,13). The minimum Gasteiger partial charge on any atom is -0.478 e. The van der Waals surface area contributed by atoms with E-state index in [2.05, 4.69) is 0 Å². The molecule has 0 fully saturated rings. The van der Waals surface area contributed by atoms with Crippen molar-refractivity contribution in [2.45, 2.75) is 25.9 Å². The lowest BCUT2D eigenvalue weighted by Gasteiger charge is -2.17. The van der Waals surface area contributed by atoms with Gasteiger partial charge in [-0.2, -0.15) is 0 Å². The number of esters is 1. The fourth-order valence-electron chi connectivity index (χ4n) is 1.29. The van der Waals surface area contributed by atoms with Gasteiger partial charge in [0.1, 0.15) is 0 Å². The molecule has 0 heterocycles. The van der Waals surface area contributed by atoms with Crippen LogP contribution in [0.2, 0.25) is 0 Å². The van der Waals surface area contributed by atoms with Crippen molar-refractivity contribution in [1.29, 1.82) is 0 Å². The zero-order valence-electron chi connectivity index (χ0n) is 7.90. The smallest absolute Gasteiger partial charge is 0.349 e. The summed E-state index contributed by atoms with van der Waals surface area (Å²) < 4.78 is 4.71. The highest BCUT2D eigenvalue weighted by molar-refractivity contribution is 5.80. The molecule has 0 aromatic carbocycles. The Morgan fingerprint density at radius 2 is 2.29 bits per heavy atom. The zero-order valence-corrected chi connectivity index (χ0v) is 7.90. The van der Waals surface area contributed by atoms with E-state index in [1.54, 1.807) is 12.2 Å². The molecule has 1 N–H and O–H groups in total. The monoisotopic (exact) mass is 196 g/mol. The second-order valence-corrected chi connectivity index (χ2v) is 3.04. The zero-order chi connectivity index (χ0) is 10.6. The molecule has 1 atom stereocenters. The molecule has 0 amide bonds. The van der Waals surface area contributed by atoms with E-state index in [-0.39, 0.29) is 0 Å². The third kappa shape index (κ3) is 2.73. The van der Waals surface area contributed by atoms with Gasteiger partial charge in [0.25, 0.3) is 0 Å². The van der Waals surface area contributed by atoms with Crippen LogP contribution in [0.3, 0.4) is 0 Å². The molecule has 1 aliphatic carbocycles. The number of ether oxygens (including phenoxy) is 1. The topological polar surface area (TPSA) is 63.6 Å². The maximum atomic E-state index is 10.8. The number of hydrogen-bond donors (Lipinski definition) is 1. The predicted molar refractivity (Wildman–Crippen MR) is 49.6 cm³/mol. The maximum Gasteiger partial charge on any atom is 0.349 e. The van der Waals surface area contributed by atoms with E-state index in [1.807, 2.05) is 6.08 Å². The van der Waals surface area contributed by atoms with E-state index < -0.39 is 18.0 Å². The summed E-state index contributed by atoms with van der Waals surface area (Å²) >= 11 is 0. The van der Waals surface area contributed by atoms with Gasteiger partial charge < -0.3 is 9.84 Å². The fraction of sp³-hybridized carbons (Fsp3) is 0.400. The van der Waals surface area contributed by atoms with E-state index in [1.165, 1.54) is 6.92 Å². The Morgan fingerprint density at radius 1 is 1.57 bits per heavy atom. The van der Waals surface area contributed by atoms with Crippen LogP contribution in [0.15, 0.2) is 23.8 Å². The second kappa shape index (κ2) is 4.60. The van der Waals surface area contributed by atoms with E-state index in [4.69, 9.17) is 9.84 Å². The average Bonchev–Trinajstić information content (AvgIpc) is 2.15. The molecule has 76 valence electrons. The molecular formula is C10H12O4. The van der Waals surface area contributed by atoms with Gasteiger partial charge in [-0.3, -0.25) is 4.79 Å². The lowest BCUT2D eigenvalue weighted by atomic mass is 10.00. The van der Waals surface area contributed by atoms with Gasteiger partial charge in [-0.1, -0.05) is 18.2 Å². The van der Waals surface area contributed by atoms with Gasteiger partial charge in [0.2, 0.25) is 6.10 Å². The highest BCUT2D eigenvalue weighted by Crippen LogP contribution is 2.18. The number of hydrogen-bond acceptors (Lipinski definition) is 3. The molecule has 0 aromatic rings. The van der Waals surface area contributed by atoms with Crippen molar-refractivity contribution in [1.82, 2.24) is 0 Å². The van der Waals surface area contributed by atoms with E-state index in [0.717, 1.165) is 6.42 Å². The van der Waals surface area contributed by atoms with Gasteiger partial charge >= 0.3 is 11.9 Å². The number of allylic oxidation sites excluding steroid dienone is 3. The average molecular weight is 196 g/mol. The Morgan fingerprint density at radius 3 is 2.71 bits per heavy atom. The van der Waals surface area contributed by atoms with Crippen LogP contribution in [0.4, 0.5) is 0 Å². The first kappa shape index (κ1) is 10.5. The van der Waals surface area contributed by atoms with Crippen molar-refractivity contribution in [3.63, 3.8) is 0 Å². The fourth-order valence-corrected chi connectivity index (χ4v) is 1.29. The Hall–Kier alpha value is -1.58. The minimum atomic E-state index is -1.13. The molecule has 14 heavy (non-hydrogen) atoms. The molecular weight excluding hydrogens is 184 g/mol. The number of carboxylic acids is 1. The van der Waals surface area contributed by atoms with Gasteiger partial charge in [0, 0.05) is 6.92 Å². The highest BCUT2D eigenvalue weighted by atomic mass is 16.6. The first-order valence-corrected chi connectivity index (χ1v) is 4.37. The minimum absolute atomic E-state index is 0.576. The molecule has 1 unspecified atom stereocenters. The molecule has 4 heteroatoms. The summed E-state index contributed by atoms with van der Waals surface area (Å²) in [6, 6.07) is 0. The molecule has 1 aliphatic rings. The molecule has 0 spiro atoms. The first-order valence-electron chi connectivity index (χ1n) is 4.37. The Balaban J connectivity index is 2.76. The lowest BCUT2D eigenvalue weighted by molar-refractivity contribution is -0.159. The van der Waals surface area contributed by atoms with Crippen LogP contribution >= 0.6 is 0 Å². The third-order valence-corrected chi connectivity index (χ3v) is 1.89. The van der Waals surface area contributed by atoms with Gasteiger partial charge in [-0.15, -0.1) is 0 Å². The number of carbonyl (C=O) groups excluding carboxylic acids is 1. The Labute approximate surface area is 81.9 Å². The van der Waals surface area contributed by atoms with Crippen molar-refractivity contribution >= 4 is 11.9 Å². The van der Waals surface area contributed by atoms with Crippen LogP contribution in [0.1, 0.15) is 19.8 Å². The van der Waals surface area contributed by atoms with Gasteiger partial charge in [0.15, 0.2) is 0 Å². The highest BCUT2D eigenvalue weighted by Gasteiger charge is 2.25. The molecule has 1 rings (SSSR count). The second-order valence-electron chi connectivity index (χ2n) is 3.04. The summed E-state index contributed by atoms with van der Waals surface area (Å²) in [4.78, 5) is 21.5. The summed E-state index contributed by atoms with van der Waals surface area (Å²) in [6.45, 7) is 1.20. The summed E-state index contributed by atoms with van der Waals surface area (Å²) in [7, 11) is 0. The number of rotatable bonds is 3.